The van der Waals surface area contributed by atoms with E-state index in [2.05, 4.69) is 15.5 Å². The molecule has 2 amide bonds. The Morgan fingerprint density at radius 3 is 3.09 bits per heavy atom. The zero-order chi connectivity index (χ0) is 16.2. The monoisotopic (exact) mass is 316 g/mol. The van der Waals surface area contributed by atoms with E-state index in [0.29, 0.717) is 24.8 Å². The van der Waals surface area contributed by atoms with Crippen molar-refractivity contribution >= 4 is 6.03 Å². The Balaban J connectivity index is 1.59. The smallest absolute Gasteiger partial charge is 0.317 e. The number of urea groups is 1. The number of piperidine rings is 1. The van der Waals surface area contributed by atoms with Crippen LogP contribution in [0.5, 0.6) is 0 Å². The van der Waals surface area contributed by atoms with Crippen molar-refractivity contribution in [2.45, 2.75) is 32.4 Å². The van der Waals surface area contributed by atoms with Crippen LogP contribution in [0.15, 0.2) is 28.8 Å². The van der Waals surface area contributed by atoms with Crippen LogP contribution < -0.4 is 5.32 Å². The van der Waals surface area contributed by atoms with E-state index in [-0.39, 0.29) is 12.6 Å². The van der Waals surface area contributed by atoms with Crippen LogP contribution in [-0.4, -0.2) is 45.4 Å². The number of β-amino-alcohol motifs (C(OH)–C–C–N with tert-alkyl or cyclic N) is 1. The molecule has 1 atom stereocenters. The van der Waals surface area contributed by atoms with Crippen LogP contribution in [0.25, 0.3) is 11.4 Å². The van der Waals surface area contributed by atoms with Crippen LogP contribution in [0.2, 0.25) is 0 Å². The third-order valence-electron chi connectivity index (χ3n) is 3.93. The number of carbonyl (C=O) groups excluding carboxylic acids is 1. The first-order chi connectivity index (χ1) is 11.1. The highest BCUT2D eigenvalue weighted by Gasteiger charge is 2.22. The highest BCUT2D eigenvalue weighted by atomic mass is 16.5. The second-order valence-electron chi connectivity index (χ2n) is 5.73. The number of rotatable bonds is 3. The van der Waals surface area contributed by atoms with E-state index in [0.717, 1.165) is 24.0 Å². The molecule has 122 valence electrons. The van der Waals surface area contributed by atoms with Crippen molar-refractivity contribution in [3.8, 4) is 11.4 Å². The van der Waals surface area contributed by atoms with Gasteiger partial charge in [-0.15, -0.1) is 0 Å². The SMILES string of the molecule is Cc1ccccc1-c1noc(CNC(=O)N2CCC[C@@H](O)C2)n1. The maximum Gasteiger partial charge on any atom is 0.317 e. The van der Waals surface area contributed by atoms with Crippen LogP contribution >= 0.6 is 0 Å². The number of aliphatic hydroxyl groups excluding tert-OH is 1. The van der Waals surface area contributed by atoms with E-state index in [1.807, 2.05) is 31.2 Å². The minimum Gasteiger partial charge on any atom is -0.391 e. The van der Waals surface area contributed by atoms with E-state index < -0.39 is 6.10 Å². The van der Waals surface area contributed by atoms with Crippen molar-refractivity contribution in [3.63, 3.8) is 0 Å². The van der Waals surface area contributed by atoms with Gasteiger partial charge in [0.05, 0.1) is 12.6 Å². The largest absolute Gasteiger partial charge is 0.391 e. The van der Waals surface area contributed by atoms with Gasteiger partial charge in [0.25, 0.3) is 0 Å². The fourth-order valence-corrected chi connectivity index (χ4v) is 2.66. The average molecular weight is 316 g/mol. The molecule has 0 bridgehead atoms. The van der Waals surface area contributed by atoms with E-state index in [1.54, 1.807) is 4.90 Å². The van der Waals surface area contributed by atoms with E-state index in [9.17, 15) is 9.90 Å². The molecule has 0 radical (unpaired) electrons. The summed E-state index contributed by atoms with van der Waals surface area (Å²) in [5, 5.41) is 16.3. The molecule has 1 fully saturated rings. The Morgan fingerprint density at radius 1 is 1.48 bits per heavy atom. The fourth-order valence-electron chi connectivity index (χ4n) is 2.66. The molecule has 1 aliphatic rings. The van der Waals surface area contributed by atoms with Gasteiger partial charge in [0.15, 0.2) is 0 Å². The summed E-state index contributed by atoms with van der Waals surface area (Å²) < 4.78 is 5.19. The number of carbonyl (C=O) groups is 1. The van der Waals surface area contributed by atoms with E-state index in [1.165, 1.54) is 0 Å². The number of amides is 2. The minimum absolute atomic E-state index is 0.171. The molecule has 7 heteroatoms. The molecule has 0 spiro atoms. The lowest BCUT2D eigenvalue weighted by Gasteiger charge is -2.29. The fraction of sp³-hybridized carbons (Fsp3) is 0.438. The zero-order valence-electron chi connectivity index (χ0n) is 13.0. The molecule has 0 saturated carbocycles. The number of aryl methyl sites for hydroxylation is 1. The van der Waals surface area contributed by atoms with Crippen LogP contribution in [0.1, 0.15) is 24.3 Å². The lowest BCUT2D eigenvalue weighted by Crippen LogP contribution is -2.46. The van der Waals surface area contributed by atoms with Gasteiger partial charge in [-0.05, 0) is 25.3 Å². The predicted molar refractivity (Wildman–Crippen MR) is 83.5 cm³/mol. The zero-order valence-corrected chi connectivity index (χ0v) is 13.0. The molecule has 0 aliphatic carbocycles. The Morgan fingerprint density at radius 2 is 2.30 bits per heavy atom. The Kier molecular flexibility index (Phi) is 4.57. The van der Waals surface area contributed by atoms with E-state index in [4.69, 9.17) is 4.52 Å². The van der Waals surface area contributed by atoms with Crippen molar-refractivity contribution in [1.29, 1.82) is 0 Å². The first-order valence-corrected chi connectivity index (χ1v) is 7.73. The van der Waals surface area contributed by atoms with Crippen LogP contribution in [0, 0.1) is 6.92 Å². The quantitative estimate of drug-likeness (QED) is 0.899. The van der Waals surface area contributed by atoms with Gasteiger partial charge in [-0.25, -0.2) is 4.79 Å². The Labute approximate surface area is 134 Å². The second kappa shape index (κ2) is 6.78. The molecule has 7 nitrogen and oxygen atoms in total. The number of hydrogen-bond acceptors (Lipinski definition) is 5. The molecule has 2 heterocycles. The highest BCUT2D eigenvalue weighted by molar-refractivity contribution is 5.74. The number of benzene rings is 1. The number of aromatic nitrogens is 2. The predicted octanol–water partition coefficient (Wildman–Crippen LogP) is 1.71. The number of hydrogen-bond donors (Lipinski definition) is 2. The van der Waals surface area contributed by atoms with Gasteiger partial charge in [0, 0.05) is 18.7 Å². The lowest BCUT2D eigenvalue weighted by molar-refractivity contribution is 0.0839. The lowest BCUT2D eigenvalue weighted by atomic mass is 10.1. The van der Waals surface area contributed by atoms with Crippen molar-refractivity contribution in [3.05, 3.63) is 35.7 Å². The van der Waals surface area contributed by atoms with Gasteiger partial charge in [0.2, 0.25) is 11.7 Å². The summed E-state index contributed by atoms with van der Waals surface area (Å²) in [5.74, 6) is 0.870. The maximum absolute atomic E-state index is 12.1. The first kappa shape index (κ1) is 15.5. The van der Waals surface area contributed by atoms with Crippen LogP contribution in [0.3, 0.4) is 0 Å². The third kappa shape index (κ3) is 3.68. The van der Waals surface area contributed by atoms with E-state index >= 15 is 0 Å². The highest BCUT2D eigenvalue weighted by Crippen LogP contribution is 2.19. The average Bonchev–Trinajstić information content (AvgIpc) is 3.02. The molecule has 2 N–H and O–H groups in total. The summed E-state index contributed by atoms with van der Waals surface area (Å²) in [6.07, 6.45) is 1.12. The molecule has 3 rings (SSSR count). The number of aliphatic hydroxyl groups is 1. The summed E-state index contributed by atoms with van der Waals surface area (Å²) in [7, 11) is 0. The number of nitrogens with one attached hydrogen (secondary N) is 1. The van der Waals surface area contributed by atoms with Crippen LogP contribution in [-0.2, 0) is 6.54 Å². The standard InChI is InChI=1S/C16H20N4O3/c1-11-5-2-3-7-13(11)15-18-14(23-19-15)9-17-16(22)20-8-4-6-12(21)10-20/h2-3,5,7,12,21H,4,6,8-10H2,1H3,(H,17,22)/t12-/m1/s1. The van der Waals surface area contributed by atoms with Crippen molar-refractivity contribution in [2.75, 3.05) is 13.1 Å². The van der Waals surface area contributed by atoms with Gasteiger partial charge in [-0.3, -0.25) is 0 Å². The molecular formula is C16H20N4O3. The van der Waals surface area contributed by atoms with Gasteiger partial charge in [-0.1, -0.05) is 29.4 Å². The first-order valence-electron chi connectivity index (χ1n) is 7.73. The van der Waals surface area contributed by atoms with Crippen LogP contribution in [0.4, 0.5) is 4.79 Å². The van der Waals surface area contributed by atoms with Crippen molar-refractivity contribution < 1.29 is 14.4 Å². The molecule has 1 aliphatic heterocycles. The van der Waals surface area contributed by atoms with Crippen molar-refractivity contribution in [2.24, 2.45) is 0 Å². The summed E-state index contributed by atoms with van der Waals surface area (Å²) in [6, 6.07) is 7.56. The van der Waals surface area contributed by atoms with Gasteiger partial charge in [-0.2, -0.15) is 4.98 Å². The summed E-state index contributed by atoms with van der Waals surface area (Å²) >= 11 is 0. The topological polar surface area (TPSA) is 91.5 Å². The van der Waals surface area contributed by atoms with Gasteiger partial charge >= 0.3 is 6.03 Å². The Bertz CT molecular complexity index is 685. The molecule has 1 aromatic heterocycles. The number of nitrogens with zero attached hydrogens (tertiary/aromatic N) is 3. The minimum atomic E-state index is -0.439. The molecular weight excluding hydrogens is 296 g/mol. The summed E-state index contributed by atoms with van der Waals surface area (Å²) in [4.78, 5) is 18.0. The molecule has 23 heavy (non-hydrogen) atoms. The molecule has 0 unspecified atom stereocenters. The summed E-state index contributed by atoms with van der Waals surface area (Å²) in [6.45, 7) is 3.17. The number of likely N-dealkylation sites (tertiary alicyclic amines) is 1. The van der Waals surface area contributed by atoms with Crippen molar-refractivity contribution in [1.82, 2.24) is 20.4 Å². The molecule has 2 aromatic rings. The molecule has 1 aromatic carbocycles. The molecule has 1 saturated heterocycles. The van der Waals surface area contributed by atoms with Gasteiger partial charge in [0.1, 0.15) is 0 Å². The normalized spacial score (nSPS) is 18.0. The summed E-state index contributed by atoms with van der Waals surface area (Å²) in [5.41, 5.74) is 1.97. The Hall–Kier alpha value is -2.41. The third-order valence-corrected chi connectivity index (χ3v) is 3.93. The maximum atomic E-state index is 12.1. The van der Waals surface area contributed by atoms with Gasteiger partial charge < -0.3 is 19.8 Å². The second-order valence-corrected chi connectivity index (χ2v) is 5.73.